The van der Waals surface area contributed by atoms with Crippen molar-refractivity contribution in [3.8, 4) is 5.75 Å². The zero-order chi connectivity index (χ0) is 17.9. The monoisotopic (exact) mass is 389 g/mol. The van der Waals surface area contributed by atoms with E-state index >= 15 is 0 Å². The highest BCUT2D eigenvalue weighted by molar-refractivity contribution is 8.01. The summed E-state index contributed by atoms with van der Waals surface area (Å²) in [5.41, 5.74) is 1.29. The Hall–Kier alpha value is -1.64. The second-order valence-electron chi connectivity index (χ2n) is 5.66. The smallest absolute Gasteiger partial charge is 0.193 e. The third-order valence-electron chi connectivity index (χ3n) is 4.00. The molecule has 24 heavy (non-hydrogen) atoms. The molecule has 2 heterocycles. The molecule has 0 spiro atoms. The van der Waals surface area contributed by atoms with E-state index in [-0.39, 0.29) is 26.9 Å². The van der Waals surface area contributed by atoms with E-state index in [1.165, 1.54) is 32.5 Å². The summed E-state index contributed by atoms with van der Waals surface area (Å²) < 4.78 is 44.4. The van der Waals surface area contributed by atoms with E-state index in [2.05, 4.69) is 4.98 Å². The summed E-state index contributed by atoms with van der Waals surface area (Å²) in [7, 11) is -2.91. The Labute approximate surface area is 147 Å². The molecule has 1 aliphatic heterocycles. The predicted octanol–water partition coefficient (Wildman–Crippen LogP) is 3.99. The number of hydrogen-bond acceptors (Lipinski definition) is 6. The minimum Gasteiger partial charge on any atom is -0.505 e. The lowest BCUT2D eigenvalue weighted by Gasteiger charge is -2.31. The fourth-order valence-corrected chi connectivity index (χ4v) is 5.65. The molecule has 3 rings (SSSR count). The van der Waals surface area contributed by atoms with E-state index in [0.717, 1.165) is 17.4 Å². The van der Waals surface area contributed by atoms with Crippen molar-refractivity contribution < 1.29 is 22.7 Å². The topological polar surface area (TPSA) is 76.5 Å². The lowest BCUT2D eigenvalue weighted by molar-refractivity contribution is 0.409. The summed E-state index contributed by atoms with van der Waals surface area (Å²) in [5, 5.41) is 10.6. The van der Waals surface area contributed by atoms with Gasteiger partial charge in [0.05, 0.1) is 33.8 Å². The number of fused-ring (bicyclic) bond motifs is 1. The molecule has 1 N–H and O–H groups in total. The number of methoxy groups -OCH3 is 1. The van der Waals surface area contributed by atoms with Crippen molar-refractivity contribution in [2.75, 3.05) is 7.11 Å². The fraction of sp³-hybridized carbons (Fsp3) is 0.267. The highest BCUT2D eigenvalue weighted by atomic mass is 35.5. The molecule has 1 aromatic carbocycles. The number of nitrogens with zero attached hydrogens (tertiary/aromatic N) is 1. The summed E-state index contributed by atoms with van der Waals surface area (Å²) in [4.78, 5) is 3.80. The third kappa shape index (κ3) is 2.09. The van der Waals surface area contributed by atoms with Crippen LogP contribution in [-0.4, -0.2) is 25.6 Å². The maximum absolute atomic E-state index is 14.5. The van der Waals surface area contributed by atoms with Gasteiger partial charge in [0.1, 0.15) is 21.2 Å². The molecule has 0 saturated heterocycles. The Kier molecular flexibility index (Phi) is 3.89. The fourth-order valence-electron chi connectivity index (χ4n) is 2.65. The van der Waals surface area contributed by atoms with Crippen LogP contribution >= 0.6 is 22.9 Å². The van der Waals surface area contributed by atoms with E-state index in [9.17, 15) is 17.9 Å². The quantitative estimate of drug-likeness (QED) is 0.840. The van der Waals surface area contributed by atoms with Gasteiger partial charge in [-0.3, -0.25) is 0 Å². The lowest BCUT2D eigenvalue weighted by atomic mass is 10.0. The van der Waals surface area contributed by atoms with Crippen LogP contribution in [0, 0.1) is 5.82 Å². The third-order valence-corrected chi connectivity index (χ3v) is 7.60. The predicted molar refractivity (Wildman–Crippen MR) is 91.5 cm³/mol. The Bertz CT molecular complexity index is 979. The van der Waals surface area contributed by atoms with Crippen LogP contribution in [0.15, 0.2) is 17.6 Å². The van der Waals surface area contributed by atoms with E-state index in [0.29, 0.717) is 0 Å². The molecule has 128 valence electrons. The van der Waals surface area contributed by atoms with E-state index < -0.39 is 31.1 Å². The molecule has 2 aromatic rings. The Morgan fingerprint density at radius 1 is 1.38 bits per heavy atom. The van der Waals surface area contributed by atoms with Crippen molar-refractivity contribution in [1.29, 1.82) is 0 Å². The zero-order valence-electron chi connectivity index (χ0n) is 12.9. The average Bonchev–Trinajstić information content (AvgIpc) is 3.00. The first-order chi connectivity index (χ1) is 11.1. The van der Waals surface area contributed by atoms with Crippen LogP contribution in [0.2, 0.25) is 5.02 Å². The molecule has 0 amide bonds. The van der Waals surface area contributed by atoms with E-state index in [1.54, 1.807) is 0 Å². The Morgan fingerprint density at radius 2 is 2.04 bits per heavy atom. The molecule has 0 radical (unpaired) electrons. The van der Waals surface area contributed by atoms with Crippen LogP contribution in [0.3, 0.4) is 0 Å². The molecule has 0 saturated carbocycles. The largest absolute Gasteiger partial charge is 0.505 e. The highest BCUT2D eigenvalue weighted by Crippen LogP contribution is 2.51. The molecule has 9 heteroatoms. The summed E-state index contributed by atoms with van der Waals surface area (Å²) in [6.07, 6.45) is 0. The van der Waals surface area contributed by atoms with Crippen molar-refractivity contribution in [2.45, 2.75) is 18.6 Å². The van der Waals surface area contributed by atoms with Gasteiger partial charge in [-0.05, 0) is 26.0 Å². The second kappa shape index (κ2) is 5.44. The van der Waals surface area contributed by atoms with Crippen molar-refractivity contribution in [1.82, 2.24) is 4.98 Å². The minimum absolute atomic E-state index is 0.0392. The zero-order valence-corrected chi connectivity index (χ0v) is 15.3. The SMILES string of the molecule is COc1c(Cl)ccc(F)c1C1=C(O)c2scnc2C(C)(C)S1(=O)=O. The number of aliphatic hydroxyl groups is 1. The van der Waals surface area contributed by atoms with Gasteiger partial charge in [-0.1, -0.05) is 11.6 Å². The van der Waals surface area contributed by atoms with Crippen molar-refractivity contribution in [3.63, 3.8) is 0 Å². The molecule has 0 bridgehead atoms. The van der Waals surface area contributed by atoms with Gasteiger partial charge in [-0.2, -0.15) is 0 Å². The number of benzene rings is 1. The second-order valence-corrected chi connectivity index (χ2v) is 9.36. The molecule has 0 atom stereocenters. The maximum Gasteiger partial charge on any atom is 0.193 e. The van der Waals surface area contributed by atoms with Crippen molar-refractivity contribution in [2.24, 2.45) is 0 Å². The van der Waals surface area contributed by atoms with Gasteiger partial charge in [-0.25, -0.2) is 17.8 Å². The summed E-state index contributed by atoms with van der Waals surface area (Å²) in [6.45, 7) is 2.92. The Balaban J connectivity index is 2.49. The van der Waals surface area contributed by atoms with Crippen LogP contribution in [0.1, 0.15) is 30.0 Å². The first-order valence-corrected chi connectivity index (χ1v) is 9.53. The highest BCUT2D eigenvalue weighted by Gasteiger charge is 2.50. The van der Waals surface area contributed by atoms with Crippen LogP contribution < -0.4 is 4.74 Å². The summed E-state index contributed by atoms with van der Waals surface area (Å²) in [6, 6.07) is 2.29. The van der Waals surface area contributed by atoms with Crippen molar-refractivity contribution >= 4 is 43.4 Å². The van der Waals surface area contributed by atoms with Crippen LogP contribution in [-0.2, 0) is 14.6 Å². The standard InChI is InChI=1S/C15H13ClFNO4S2/c1-15(2)14-12(23-6-18-14)10(19)13(24(15,20)21)9-8(17)5-4-7(16)11(9)22-3/h4-6,19H,1-3H3. The van der Waals surface area contributed by atoms with Crippen molar-refractivity contribution in [3.05, 3.63) is 44.6 Å². The average molecular weight is 390 g/mol. The minimum atomic E-state index is -4.16. The molecule has 0 fully saturated rings. The Morgan fingerprint density at radius 3 is 2.67 bits per heavy atom. The molecule has 0 unspecified atom stereocenters. The molecule has 5 nitrogen and oxygen atoms in total. The number of ether oxygens (including phenoxy) is 1. The normalized spacial score (nSPS) is 18.4. The van der Waals surface area contributed by atoms with Gasteiger partial charge in [0, 0.05) is 0 Å². The van der Waals surface area contributed by atoms with Gasteiger partial charge in [0.15, 0.2) is 15.6 Å². The molecule has 0 aliphatic carbocycles. The van der Waals surface area contributed by atoms with Crippen LogP contribution in [0.4, 0.5) is 4.39 Å². The summed E-state index contributed by atoms with van der Waals surface area (Å²) in [5.74, 6) is -1.55. The van der Waals surface area contributed by atoms with Gasteiger partial charge in [0.2, 0.25) is 0 Å². The number of sulfone groups is 1. The number of rotatable bonds is 2. The molecular formula is C15H13ClFNO4S2. The first kappa shape index (κ1) is 17.2. The van der Waals surface area contributed by atoms with E-state index in [1.807, 2.05) is 0 Å². The van der Waals surface area contributed by atoms with Crippen LogP contribution in [0.5, 0.6) is 5.75 Å². The number of hydrogen-bond donors (Lipinski definition) is 1. The number of thiazole rings is 1. The number of aromatic nitrogens is 1. The van der Waals surface area contributed by atoms with Gasteiger partial charge < -0.3 is 9.84 Å². The van der Waals surface area contributed by atoms with E-state index in [4.69, 9.17) is 16.3 Å². The van der Waals surface area contributed by atoms with Gasteiger partial charge in [0.25, 0.3) is 0 Å². The number of halogens is 2. The molecular weight excluding hydrogens is 377 g/mol. The molecule has 1 aromatic heterocycles. The molecule has 1 aliphatic rings. The summed E-state index contributed by atoms with van der Waals surface area (Å²) >= 11 is 7.09. The number of aliphatic hydroxyl groups excluding tert-OH is 1. The van der Waals surface area contributed by atoms with Gasteiger partial charge in [-0.15, -0.1) is 11.3 Å². The maximum atomic E-state index is 14.5. The van der Waals surface area contributed by atoms with Crippen LogP contribution in [0.25, 0.3) is 10.7 Å². The first-order valence-electron chi connectivity index (χ1n) is 6.79. The van der Waals surface area contributed by atoms with Gasteiger partial charge >= 0.3 is 0 Å². The lowest BCUT2D eigenvalue weighted by Crippen LogP contribution is -2.34.